The molecule has 0 radical (unpaired) electrons. The maximum absolute atomic E-state index is 10.6. The zero-order valence-electron chi connectivity index (χ0n) is 6.97. The molecule has 0 heterocycles. The Morgan fingerprint density at radius 3 is 2.69 bits per heavy atom. The first kappa shape index (κ1) is 10.1. The molecule has 0 spiro atoms. The van der Waals surface area contributed by atoms with E-state index in [0.717, 1.165) is 5.56 Å². The van der Waals surface area contributed by atoms with Gasteiger partial charge in [-0.3, -0.25) is 4.79 Å². The van der Waals surface area contributed by atoms with Crippen LogP contribution in [0.25, 0.3) is 0 Å². The third-order valence-electron chi connectivity index (χ3n) is 1.58. The quantitative estimate of drug-likeness (QED) is 0.571. The second kappa shape index (κ2) is 4.33. The van der Waals surface area contributed by atoms with Crippen molar-refractivity contribution in [3.05, 3.63) is 29.3 Å². The lowest BCUT2D eigenvalue weighted by Crippen LogP contribution is -1.93. The highest BCUT2D eigenvalue weighted by Crippen LogP contribution is 2.31. The van der Waals surface area contributed by atoms with E-state index in [4.69, 9.17) is 9.79 Å². The Bertz CT molecular complexity index is 311. The molecule has 0 saturated heterocycles. The lowest BCUT2D eigenvalue weighted by atomic mass is 10.1. The standard InChI is InChI=1S/C8H9O4P/c1-6-3-2-4-8(7(6)5-9)12-13(10)11/h2-5,10-11H,1H3. The normalized spacial score (nSPS) is 10.2. The van der Waals surface area contributed by atoms with Crippen LogP contribution in [0.5, 0.6) is 5.75 Å². The molecular formula is C8H9O4P. The second-order valence-electron chi connectivity index (χ2n) is 2.45. The molecule has 0 bridgehead atoms. The smallest absolute Gasteiger partial charge is 0.391 e. The molecule has 0 aliphatic carbocycles. The average molecular weight is 200 g/mol. The number of hydrogen-bond acceptors (Lipinski definition) is 4. The zero-order valence-corrected chi connectivity index (χ0v) is 7.86. The molecule has 0 atom stereocenters. The van der Waals surface area contributed by atoms with Crippen molar-refractivity contribution in [3.63, 3.8) is 0 Å². The van der Waals surface area contributed by atoms with E-state index in [9.17, 15) is 4.79 Å². The zero-order chi connectivity index (χ0) is 9.84. The lowest BCUT2D eigenvalue weighted by Gasteiger charge is -2.08. The Labute approximate surface area is 76.8 Å². The maximum Gasteiger partial charge on any atom is 0.391 e. The highest BCUT2D eigenvalue weighted by atomic mass is 31.2. The molecule has 5 heteroatoms. The third-order valence-corrected chi connectivity index (χ3v) is 1.94. The molecule has 1 aromatic carbocycles. The number of benzene rings is 1. The van der Waals surface area contributed by atoms with Gasteiger partial charge in [-0.1, -0.05) is 12.1 Å². The van der Waals surface area contributed by atoms with Crippen molar-refractivity contribution in [1.82, 2.24) is 0 Å². The fourth-order valence-corrected chi connectivity index (χ4v) is 1.31. The van der Waals surface area contributed by atoms with Crippen LogP contribution in [0.15, 0.2) is 18.2 Å². The highest BCUT2D eigenvalue weighted by Gasteiger charge is 2.09. The van der Waals surface area contributed by atoms with Crippen molar-refractivity contribution >= 4 is 14.9 Å². The van der Waals surface area contributed by atoms with Crippen LogP contribution in [0.3, 0.4) is 0 Å². The summed E-state index contributed by atoms with van der Waals surface area (Å²) in [6.07, 6.45) is 0.628. The molecule has 2 N–H and O–H groups in total. The molecular weight excluding hydrogens is 191 g/mol. The summed E-state index contributed by atoms with van der Waals surface area (Å²) in [6.45, 7) is 1.74. The summed E-state index contributed by atoms with van der Waals surface area (Å²) in [5, 5.41) is 0. The summed E-state index contributed by atoms with van der Waals surface area (Å²) in [5.41, 5.74) is 1.09. The SMILES string of the molecule is Cc1cccc(OP(O)O)c1C=O. The molecule has 4 nitrogen and oxygen atoms in total. The van der Waals surface area contributed by atoms with Crippen LogP contribution >= 0.6 is 8.60 Å². The van der Waals surface area contributed by atoms with Gasteiger partial charge in [-0.25, -0.2) is 0 Å². The van der Waals surface area contributed by atoms with Gasteiger partial charge in [0.05, 0.1) is 5.56 Å². The van der Waals surface area contributed by atoms with Gasteiger partial charge >= 0.3 is 8.60 Å². The molecule has 0 aromatic heterocycles. The van der Waals surface area contributed by atoms with E-state index in [0.29, 0.717) is 11.8 Å². The summed E-state index contributed by atoms with van der Waals surface area (Å²) in [5.74, 6) is 0.200. The van der Waals surface area contributed by atoms with Gasteiger partial charge in [0.15, 0.2) is 6.29 Å². The van der Waals surface area contributed by atoms with Crippen LogP contribution in [0.1, 0.15) is 15.9 Å². The molecule has 0 fully saturated rings. The number of carbonyl (C=O) groups excluding carboxylic acids is 1. The topological polar surface area (TPSA) is 66.8 Å². The number of aldehydes is 1. The van der Waals surface area contributed by atoms with E-state index >= 15 is 0 Å². The van der Waals surface area contributed by atoms with Crippen molar-refractivity contribution in [2.75, 3.05) is 0 Å². The molecule has 1 rings (SSSR count). The Morgan fingerprint density at radius 1 is 1.46 bits per heavy atom. The fraction of sp³-hybridized carbons (Fsp3) is 0.125. The van der Waals surface area contributed by atoms with Gasteiger partial charge in [0.2, 0.25) is 0 Å². The number of aryl methyl sites for hydroxylation is 1. The molecule has 0 unspecified atom stereocenters. The van der Waals surface area contributed by atoms with Gasteiger partial charge in [-0.15, -0.1) is 0 Å². The van der Waals surface area contributed by atoms with Crippen molar-refractivity contribution in [1.29, 1.82) is 0 Å². The molecule has 0 aliphatic rings. The maximum atomic E-state index is 10.6. The molecule has 0 aliphatic heterocycles. The fourth-order valence-electron chi connectivity index (χ4n) is 0.972. The van der Waals surface area contributed by atoms with E-state index in [-0.39, 0.29) is 5.75 Å². The highest BCUT2D eigenvalue weighted by molar-refractivity contribution is 7.39. The lowest BCUT2D eigenvalue weighted by molar-refractivity contribution is 0.112. The Hall–Kier alpha value is -0.960. The first-order valence-electron chi connectivity index (χ1n) is 3.56. The van der Waals surface area contributed by atoms with Crippen molar-refractivity contribution in [2.45, 2.75) is 6.92 Å². The van der Waals surface area contributed by atoms with Crippen LogP contribution in [0.2, 0.25) is 0 Å². The van der Waals surface area contributed by atoms with Crippen molar-refractivity contribution in [3.8, 4) is 5.75 Å². The summed E-state index contributed by atoms with van der Waals surface area (Å²) in [4.78, 5) is 27.8. The molecule has 1 aromatic rings. The third kappa shape index (κ3) is 2.49. The minimum atomic E-state index is -2.47. The predicted octanol–water partition coefficient (Wildman–Crippen LogP) is 1.40. The van der Waals surface area contributed by atoms with Gasteiger partial charge < -0.3 is 14.3 Å². The summed E-state index contributed by atoms with van der Waals surface area (Å²) < 4.78 is 4.66. The average Bonchev–Trinajstić information content (AvgIpc) is 2.03. The first-order valence-corrected chi connectivity index (χ1v) is 4.72. The van der Waals surface area contributed by atoms with Crippen LogP contribution in [-0.2, 0) is 0 Å². The van der Waals surface area contributed by atoms with Gasteiger partial charge in [-0.05, 0) is 18.6 Å². The molecule has 70 valence electrons. The molecule has 0 amide bonds. The van der Waals surface area contributed by atoms with Crippen molar-refractivity contribution in [2.24, 2.45) is 0 Å². The number of hydrogen-bond donors (Lipinski definition) is 2. The van der Waals surface area contributed by atoms with Crippen LogP contribution in [-0.4, -0.2) is 16.1 Å². The molecule has 0 saturated carbocycles. The van der Waals surface area contributed by atoms with Gasteiger partial charge in [0.1, 0.15) is 5.75 Å². The summed E-state index contributed by atoms with van der Waals surface area (Å²) in [6, 6.07) is 4.93. The van der Waals surface area contributed by atoms with E-state index < -0.39 is 8.60 Å². The summed E-state index contributed by atoms with van der Waals surface area (Å²) >= 11 is 0. The Kier molecular flexibility index (Phi) is 3.37. The van der Waals surface area contributed by atoms with Gasteiger partial charge in [-0.2, -0.15) is 0 Å². The monoisotopic (exact) mass is 200 g/mol. The van der Waals surface area contributed by atoms with Crippen LogP contribution < -0.4 is 4.52 Å². The largest absolute Gasteiger partial charge is 0.426 e. The number of rotatable bonds is 3. The van der Waals surface area contributed by atoms with E-state index in [1.165, 1.54) is 6.07 Å². The minimum Gasteiger partial charge on any atom is -0.426 e. The first-order chi connectivity index (χ1) is 6.15. The predicted molar refractivity (Wildman–Crippen MR) is 48.6 cm³/mol. The number of carbonyl (C=O) groups is 1. The van der Waals surface area contributed by atoms with E-state index in [1.807, 2.05) is 0 Å². The van der Waals surface area contributed by atoms with Crippen molar-refractivity contribution < 1.29 is 19.1 Å². The Morgan fingerprint density at radius 2 is 2.15 bits per heavy atom. The van der Waals surface area contributed by atoms with Crippen LogP contribution in [0.4, 0.5) is 0 Å². The Balaban J connectivity index is 3.05. The van der Waals surface area contributed by atoms with Gasteiger partial charge in [0.25, 0.3) is 0 Å². The summed E-state index contributed by atoms with van der Waals surface area (Å²) in [7, 11) is -2.47. The van der Waals surface area contributed by atoms with E-state index in [1.54, 1.807) is 19.1 Å². The van der Waals surface area contributed by atoms with Crippen LogP contribution in [0, 0.1) is 6.92 Å². The van der Waals surface area contributed by atoms with E-state index in [2.05, 4.69) is 4.52 Å². The minimum absolute atomic E-state index is 0.200. The second-order valence-corrected chi connectivity index (χ2v) is 3.14. The molecule has 13 heavy (non-hydrogen) atoms. The van der Waals surface area contributed by atoms with Gasteiger partial charge in [0, 0.05) is 0 Å².